The van der Waals surface area contributed by atoms with Crippen LogP contribution in [-0.4, -0.2) is 48.3 Å². The van der Waals surface area contributed by atoms with Gasteiger partial charge in [-0.1, -0.05) is 6.07 Å². The number of piperidine rings is 1. The summed E-state index contributed by atoms with van der Waals surface area (Å²) < 4.78 is 53.3. The molecule has 1 atom stereocenters. The first-order valence-electron chi connectivity index (χ1n) is 8.26. The number of hydrogen-bond donors (Lipinski definition) is 0. The molecule has 146 valence electrons. The number of hydrogen-bond acceptors (Lipinski definition) is 6. The Morgan fingerprint density at radius 1 is 1.26 bits per heavy atom. The fourth-order valence-corrected chi connectivity index (χ4v) is 3.10. The van der Waals surface area contributed by atoms with Gasteiger partial charge in [-0.15, -0.1) is 10.2 Å². The van der Waals surface area contributed by atoms with Crippen molar-refractivity contribution in [2.45, 2.75) is 24.9 Å². The average Bonchev–Trinajstić information content (AvgIpc) is 3.17. The molecular formula is C17H18F3N3O4. The lowest BCUT2D eigenvalue weighted by Crippen LogP contribution is -2.39. The number of para-hydroxylation sites is 1. The highest BCUT2D eigenvalue weighted by atomic mass is 19.4. The van der Waals surface area contributed by atoms with E-state index in [0.717, 1.165) is 0 Å². The zero-order valence-electron chi connectivity index (χ0n) is 14.7. The second-order valence-corrected chi connectivity index (χ2v) is 6.07. The fraction of sp³-hybridized carbons (Fsp3) is 0.471. The summed E-state index contributed by atoms with van der Waals surface area (Å²) in [6.07, 6.45) is -3.53. The Morgan fingerprint density at radius 3 is 2.67 bits per heavy atom. The molecule has 1 aliphatic rings. The van der Waals surface area contributed by atoms with E-state index >= 15 is 0 Å². The van der Waals surface area contributed by atoms with Gasteiger partial charge in [-0.05, 0) is 25.0 Å². The molecule has 7 nitrogen and oxygen atoms in total. The van der Waals surface area contributed by atoms with E-state index < -0.39 is 18.0 Å². The maximum atomic E-state index is 12.9. The van der Waals surface area contributed by atoms with E-state index in [1.165, 1.54) is 14.2 Å². The molecule has 1 saturated heterocycles. The van der Waals surface area contributed by atoms with E-state index in [0.29, 0.717) is 36.4 Å². The van der Waals surface area contributed by atoms with E-state index in [-0.39, 0.29) is 18.3 Å². The lowest BCUT2D eigenvalue weighted by Gasteiger charge is -2.31. The number of nitrogens with zero attached hydrogens (tertiary/aromatic N) is 3. The smallest absolute Gasteiger partial charge is 0.470 e. The van der Waals surface area contributed by atoms with Gasteiger partial charge in [0.05, 0.1) is 25.7 Å². The van der Waals surface area contributed by atoms with Gasteiger partial charge in [0.1, 0.15) is 0 Å². The van der Waals surface area contributed by atoms with Gasteiger partial charge < -0.3 is 18.8 Å². The number of rotatable bonds is 4. The highest BCUT2D eigenvalue weighted by molar-refractivity contribution is 5.98. The molecular weight excluding hydrogens is 367 g/mol. The molecule has 0 bridgehead atoms. The second-order valence-electron chi connectivity index (χ2n) is 6.07. The Labute approximate surface area is 153 Å². The van der Waals surface area contributed by atoms with Gasteiger partial charge in [-0.2, -0.15) is 13.2 Å². The third-order valence-electron chi connectivity index (χ3n) is 4.37. The summed E-state index contributed by atoms with van der Waals surface area (Å²) in [5.41, 5.74) is 0.319. The van der Waals surface area contributed by atoms with Gasteiger partial charge in [0.2, 0.25) is 5.89 Å². The van der Waals surface area contributed by atoms with E-state index in [1.807, 2.05) is 0 Å². The van der Waals surface area contributed by atoms with Crippen molar-refractivity contribution in [1.29, 1.82) is 0 Å². The molecule has 10 heteroatoms. The largest absolute Gasteiger partial charge is 0.493 e. The highest BCUT2D eigenvalue weighted by Crippen LogP contribution is 2.35. The summed E-state index contributed by atoms with van der Waals surface area (Å²) in [5.74, 6) is -1.52. The zero-order chi connectivity index (χ0) is 19.6. The van der Waals surface area contributed by atoms with E-state index in [2.05, 4.69) is 10.2 Å². The SMILES string of the molecule is COc1cccc(C(=O)N2CCCC(c3nnc(C(F)(F)F)o3)C2)c1OC. The average molecular weight is 385 g/mol. The minimum absolute atomic E-state index is 0.113. The number of carbonyl (C=O) groups excluding carboxylic acids is 1. The normalized spacial score (nSPS) is 17.7. The lowest BCUT2D eigenvalue weighted by atomic mass is 9.97. The van der Waals surface area contributed by atoms with Crippen LogP contribution in [0, 0.1) is 0 Å². The molecule has 1 aliphatic heterocycles. The van der Waals surface area contributed by atoms with E-state index in [1.54, 1.807) is 23.1 Å². The number of likely N-dealkylation sites (tertiary alicyclic amines) is 1. The number of alkyl halides is 3. The maximum Gasteiger partial charge on any atom is 0.470 e. The molecule has 0 saturated carbocycles. The number of ether oxygens (including phenoxy) is 2. The number of aromatic nitrogens is 2. The molecule has 2 aromatic rings. The lowest BCUT2D eigenvalue weighted by molar-refractivity contribution is -0.157. The second kappa shape index (κ2) is 7.45. The highest BCUT2D eigenvalue weighted by Gasteiger charge is 2.39. The molecule has 27 heavy (non-hydrogen) atoms. The van der Waals surface area contributed by atoms with Crippen LogP contribution in [0.5, 0.6) is 11.5 Å². The third kappa shape index (κ3) is 3.83. The number of carbonyl (C=O) groups is 1. The Balaban J connectivity index is 1.80. The van der Waals surface area contributed by atoms with Gasteiger partial charge in [0, 0.05) is 13.1 Å². The molecule has 1 aromatic carbocycles. The number of amides is 1. The summed E-state index contributed by atoms with van der Waals surface area (Å²) in [4.78, 5) is 14.5. The van der Waals surface area contributed by atoms with Crippen LogP contribution in [0.1, 0.15) is 40.9 Å². The minimum atomic E-state index is -4.69. The van der Waals surface area contributed by atoms with Gasteiger partial charge >= 0.3 is 12.1 Å². The standard InChI is InChI=1S/C17H18F3N3O4/c1-25-12-7-3-6-11(13(12)26-2)15(24)23-8-4-5-10(9-23)14-21-22-16(27-14)17(18,19)20/h3,6-7,10H,4-5,8-9H2,1-2H3. The van der Waals surface area contributed by atoms with Crippen molar-refractivity contribution in [2.24, 2.45) is 0 Å². The number of halogens is 3. The molecule has 1 unspecified atom stereocenters. The first-order valence-corrected chi connectivity index (χ1v) is 8.26. The summed E-state index contributed by atoms with van der Waals surface area (Å²) in [6.45, 7) is 0.647. The van der Waals surface area contributed by atoms with Crippen molar-refractivity contribution in [3.63, 3.8) is 0 Å². The predicted octanol–water partition coefficient (Wildman–Crippen LogP) is 3.13. The van der Waals surface area contributed by atoms with Crippen LogP contribution in [0.3, 0.4) is 0 Å². The number of methoxy groups -OCH3 is 2. The van der Waals surface area contributed by atoms with Crippen molar-refractivity contribution < 1.29 is 31.9 Å². The van der Waals surface area contributed by atoms with Crippen molar-refractivity contribution >= 4 is 5.91 Å². The van der Waals surface area contributed by atoms with Crippen LogP contribution in [0.25, 0.3) is 0 Å². The van der Waals surface area contributed by atoms with Crippen LogP contribution >= 0.6 is 0 Å². The van der Waals surface area contributed by atoms with Crippen molar-refractivity contribution in [1.82, 2.24) is 15.1 Å². The van der Waals surface area contributed by atoms with Crippen molar-refractivity contribution in [3.8, 4) is 11.5 Å². The summed E-state index contributed by atoms with van der Waals surface area (Å²) in [7, 11) is 2.90. The van der Waals surface area contributed by atoms with Gasteiger partial charge in [0.25, 0.3) is 5.91 Å². The first kappa shape index (κ1) is 19.0. The molecule has 1 amide bonds. The van der Waals surface area contributed by atoms with Gasteiger partial charge in [-0.25, -0.2) is 0 Å². The minimum Gasteiger partial charge on any atom is -0.493 e. The monoisotopic (exact) mass is 385 g/mol. The van der Waals surface area contributed by atoms with Gasteiger partial charge in [-0.3, -0.25) is 4.79 Å². The van der Waals surface area contributed by atoms with E-state index in [9.17, 15) is 18.0 Å². The van der Waals surface area contributed by atoms with Crippen LogP contribution in [0.4, 0.5) is 13.2 Å². The quantitative estimate of drug-likeness (QED) is 0.805. The molecule has 0 aliphatic carbocycles. The molecule has 0 spiro atoms. The Hall–Kier alpha value is -2.78. The third-order valence-corrected chi connectivity index (χ3v) is 4.37. The summed E-state index contributed by atoms with van der Waals surface area (Å²) >= 11 is 0. The topological polar surface area (TPSA) is 77.7 Å². The van der Waals surface area contributed by atoms with E-state index in [4.69, 9.17) is 13.9 Å². The van der Waals surface area contributed by atoms with Crippen LogP contribution in [-0.2, 0) is 6.18 Å². The van der Waals surface area contributed by atoms with Crippen LogP contribution < -0.4 is 9.47 Å². The molecule has 3 rings (SSSR count). The van der Waals surface area contributed by atoms with Crippen LogP contribution in [0.15, 0.2) is 22.6 Å². The molecule has 1 aromatic heterocycles. The van der Waals surface area contributed by atoms with Crippen molar-refractivity contribution in [2.75, 3.05) is 27.3 Å². The summed E-state index contributed by atoms with van der Waals surface area (Å²) in [6, 6.07) is 4.96. The first-order chi connectivity index (χ1) is 12.8. The molecule has 1 fully saturated rings. The van der Waals surface area contributed by atoms with Crippen molar-refractivity contribution in [3.05, 3.63) is 35.5 Å². The summed E-state index contributed by atoms with van der Waals surface area (Å²) in [5, 5.41) is 6.57. The predicted molar refractivity (Wildman–Crippen MR) is 86.7 cm³/mol. The molecule has 0 N–H and O–H groups in total. The Kier molecular flexibility index (Phi) is 5.24. The van der Waals surface area contributed by atoms with Gasteiger partial charge in [0.15, 0.2) is 11.5 Å². The molecule has 2 heterocycles. The van der Waals surface area contributed by atoms with Crippen LogP contribution in [0.2, 0.25) is 0 Å². The fourth-order valence-electron chi connectivity index (χ4n) is 3.10. The maximum absolute atomic E-state index is 12.9. The molecule has 0 radical (unpaired) electrons. The number of benzene rings is 1. The Morgan fingerprint density at radius 2 is 2.04 bits per heavy atom. The zero-order valence-corrected chi connectivity index (χ0v) is 14.7. The Bertz CT molecular complexity index is 822.